The van der Waals surface area contributed by atoms with Crippen LogP contribution in [0.4, 0.5) is 4.79 Å². The third-order valence-corrected chi connectivity index (χ3v) is 6.56. The zero-order valence-electron chi connectivity index (χ0n) is 15.5. The molecule has 1 aromatic heterocycles. The fourth-order valence-corrected chi connectivity index (χ4v) is 5.16. The van der Waals surface area contributed by atoms with E-state index >= 15 is 0 Å². The highest BCUT2D eigenvalue weighted by atomic mass is 16.2. The number of urea groups is 1. The number of amides is 2. The van der Waals surface area contributed by atoms with Crippen LogP contribution in [0.5, 0.6) is 0 Å². The van der Waals surface area contributed by atoms with Crippen LogP contribution in [0, 0.1) is 12.3 Å². The number of hydrogen-bond acceptors (Lipinski definition) is 3. The fraction of sp³-hybridized carbons (Fsp3) is 0.842. The Morgan fingerprint density at radius 2 is 1.80 bits per heavy atom. The molecule has 4 rings (SSSR count). The summed E-state index contributed by atoms with van der Waals surface area (Å²) in [6.07, 6.45) is 12.5. The van der Waals surface area contributed by atoms with E-state index in [4.69, 9.17) is 0 Å². The maximum Gasteiger partial charge on any atom is 0.318 e. The van der Waals surface area contributed by atoms with E-state index in [9.17, 15) is 4.79 Å². The SMILES string of the molecule is Cc1nnc2n1CCC[C@H]2NC(=O)N1CCCC2(CCCCCC2)C1. The molecule has 1 saturated carbocycles. The van der Waals surface area contributed by atoms with Crippen LogP contribution in [0.25, 0.3) is 0 Å². The lowest BCUT2D eigenvalue weighted by atomic mass is 9.74. The first-order valence-electron chi connectivity index (χ1n) is 10.1. The number of nitrogens with zero attached hydrogens (tertiary/aromatic N) is 4. The zero-order valence-corrected chi connectivity index (χ0v) is 15.5. The molecule has 2 amide bonds. The predicted octanol–water partition coefficient (Wildman–Crippen LogP) is 3.57. The lowest BCUT2D eigenvalue weighted by molar-refractivity contribution is 0.0887. The first kappa shape index (κ1) is 16.9. The van der Waals surface area contributed by atoms with Crippen molar-refractivity contribution in [2.75, 3.05) is 13.1 Å². The van der Waals surface area contributed by atoms with Gasteiger partial charge >= 0.3 is 6.03 Å². The highest BCUT2D eigenvalue weighted by Crippen LogP contribution is 2.42. The molecule has 0 unspecified atom stereocenters. The molecule has 6 heteroatoms. The molecule has 1 N–H and O–H groups in total. The van der Waals surface area contributed by atoms with Gasteiger partial charge in [-0.3, -0.25) is 0 Å². The Kier molecular flexibility index (Phi) is 4.69. The monoisotopic (exact) mass is 345 g/mol. The molecule has 1 atom stereocenters. The van der Waals surface area contributed by atoms with Gasteiger partial charge in [-0.15, -0.1) is 10.2 Å². The summed E-state index contributed by atoms with van der Waals surface area (Å²) in [5.41, 5.74) is 0.384. The van der Waals surface area contributed by atoms with E-state index in [1.807, 2.05) is 6.92 Å². The van der Waals surface area contributed by atoms with E-state index in [2.05, 4.69) is 25.0 Å². The van der Waals surface area contributed by atoms with E-state index in [-0.39, 0.29) is 12.1 Å². The van der Waals surface area contributed by atoms with Crippen LogP contribution >= 0.6 is 0 Å². The Morgan fingerprint density at radius 1 is 1.04 bits per heavy atom. The van der Waals surface area contributed by atoms with Crippen molar-refractivity contribution in [3.63, 3.8) is 0 Å². The summed E-state index contributed by atoms with van der Waals surface area (Å²) in [5, 5.41) is 11.8. The topological polar surface area (TPSA) is 63.1 Å². The quantitative estimate of drug-likeness (QED) is 0.846. The second-order valence-electron chi connectivity index (χ2n) is 8.34. The molecule has 1 spiro atoms. The third kappa shape index (κ3) is 3.40. The molecule has 2 fully saturated rings. The van der Waals surface area contributed by atoms with Crippen LogP contribution in [0.2, 0.25) is 0 Å². The Bertz CT molecular complexity index is 617. The van der Waals surface area contributed by atoms with Crippen molar-refractivity contribution in [1.29, 1.82) is 0 Å². The van der Waals surface area contributed by atoms with E-state index < -0.39 is 0 Å². The van der Waals surface area contributed by atoms with Crippen molar-refractivity contribution in [2.45, 2.75) is 83.7 Å². The lowest BCUT2D eigenvalue weighted by Gasteiger charge is -2.43. The number of rotatable bonds is 1. The normalized spacial score (nSPS) is 26.1. The van der Waals surface area contributed by atoms with Crippen molar-refractivity contribution >= 4 is 6.03 Å². The standard InChI is InChI=1S/C19H31N5O/c1-15-21-22-17-16(8-6-13-24(15)17)20-18(25)23-12-7-11-19(14-23)9-4-2-3-5-10-19/h16H,2-14H2,1H3,(H,20,25)/t16-/m1/s1. The van der Waals surface area contributed by atoms with E-state index in [1.54, 1.807) is 0 Å². The number of nitrogens with one attached hydrogen (secondary N) is 1. The van der Waals surface area contributed by atoms with Crippen molar-refractivity contribution in [1.82, 2.24) is 25.0 Å². The van der Waals surface area contributed by atoms with Gasteiger partial charge in [0.25, 0.3) is 0 Å². The smallest absolute Gasteiger partial charge is 0.318 e. The summed E-state index contributed by atoms with van der Waals surface area (Å²) >= 11 is 0. The summed E-state index contributed by atoms with van der Waals surface area (Å²) < 4.78 is 2.15. The van der Waals surface area contributed by atoms with Gasteiger partial charge in [-0.05, 0) is 50.9 Å². The largest absolute Gasteiger partial charge is 0.328 e. The summed E-state index contributed by atoms with van der Waals surface area (Å²) in [6, 6.07) is 0.108. The number of aryl methyl sites for hydroxylation is 1. The first-order valence-corrected chi connectivity index (χ1v) is 10.1. The van der Waals surface area contributed by atoms with Gasteiger partial charge in [-0.2, -0.15) is 0 Å². The second-order valence-corrected chi connectivity index (χ2v) is 8.34. The van der Waals surface area contributed by atoms with Gasteiger partial charge in [0.15, 0.2) is 5.82 Å². The highest BCUT2D eigenvalue weighted by molar-refractivity contribution is 5.74. The molecular formula is C19H31N5O. The van der Waals surface area contributed by atoms with Gasteiger partial charge in [0.05, 0.1) is 6.04 Å². The molecular weight excluding hydrogens is 314 g/mol. The minimum absolute atomic E-state index is 0.00876. The molecule has 25 heavy (non-hydrogen) atoms. The maximum absolute atomic E-state index is 13.0. The number of carbonyl (C=O) groups excluding carboxylic acids is 1. The molecule has 3 aliphatic rings. The van der Waals surface area contributed by atoms with Gasteiger partial charge in [-0.1, -0.05) is 25.7 Å². The second kappa shape index (κ2) is 6.96. The predicted molar refractivity (Wildman–Crippen MR) is 96.2 cm³/mol. The van der Waals surface area contributed by atoms with E-state index in [1.165, 1.54) is 44.9 Å². The van der Waals surface area contributed by atoms with E-state index in [0.29, 0.717) is 5.41 Å². The average molecular weight is 345 g/mol. The van der Waals surface area contributed by atoms with Crippen LogP contribution < -0.4 is 5.32 Å². The zero-order chi connectivity index (χ0) is 17.3. The fourth-order valence-electron chi connectivity index (χ4n) is 5.16. The van der Waals surface area contributed by atoms with Gasteiger partial charge < -0.3 is 14.8 Å². The highest BCUT2D eigenvalue weighted by Gasteiger charge is 2.38. The van der Waals surface area contributed by atoms with Gasteiger partial charge in [0.2, 0.25) is 0 Å². The molecule has 0 aromatic carbocycles. The molecule has 1 saturated heterocycles. The molecule has 3 heterocycles. The summed E-state index contributed by atoms with van der Waals surface area (Å²) in [6.45, 7) is 4.79. The Morgan fingerprint density at radius 3 is 2.60 bits per heavy atom. The van der Waals surface area contributed by atoms with Crippen molar-refractivity contribution in [2.24, 2.45) is 5.41 Å². The van der Waals surface area contributed by atoms with Crippen LogP contribution in [0.1, 0.15) is 81.9 Å². The molecule has 6 nitrogen and oxygen atoms in total. The summed E-state index contributed by atoms with van der Waals surface area (Å²) in [5.74, 6) is 1.88. The van der Waals surface area contributed by atoms with Crippen LogP contribution in [0.3, 0.4) is 0 Å². The minimum Gasteiger partial charge on any atom is -0.328 e. The van der Waals surface area contributed by atoms with Crippen molar-refractivity contribution in [3.05, 3.63) is 11.6 Å². The molecule has 138 valence electrons. The summed E-state index contributed by atoms with van der Waals surface area (Å²) in [4.78, 5) is 15.0. The van der Waals surface area contributed by atoms with Gasteiger partial charge in [0.1, 0.15) is 5.82 Å². The van der Waals surface area contributed by atoms with Crippen molar-refractivity contribution in [3.8, 4) is 0 Å². The molecule has 0 radical (unpaired) electrons. The van der Waals surface area contributed by atoms with Crippen LogP contribution in [-0.4, -0.2) is 38.8 Å². The number of carbonyl (C=O) groups is 1. The molecule has 0 bridgehead atoms. The number of piperidine rings is 1. The Hall–Kier alpha value is -1.59. The minimum atomic E-state index is 0.00876. The van der Waals surface area contributed by atoms with Gasteiger partial charge in [0, 0.05) is 19.6 Å². The first-order chi connectivity index (χ1) is 12.2. The third-order valence-electron chi connectivity index (χ3n) is 6.56. The lowest BCUT2D eigenvalue weighted by Crippen LogP contribution is -2.50. The number of fused-ring (bicyclic) bond motifs is 1. The molecule has 2 aliphatic heterocycles. The summed E-state index contributed by atoms with van der Waals surface area (Å²) in [7, 11) is 0. The van der Waals surface area contributed by atoms with Gasteiger partial charge in [-0.25, -0.2) is 4.79 Å². The number of hydrogen-bond donors (Lipinski definition) is 1. The maximum atomic E-state index is 13.0. The van der Waals surface area contributed by atoms with Crippen molar-refractivity contribution < 1.29 is 4.79 Å². The Balaban J connectivity index is 1.43. The number of likely N-dealkylation sites (tertiary alicyclic amines) is 1. The molecule has 1 aromatic rings. The van der Waals surface area contributed by atoms with Crippen LogP contribution in [-0.2, 0) is 6.54 Å². The van der Waals surface area contributed by atoms with Crippen LogP contribution in [0.15, 0.2) is 0 Å². The molecule has 1 aliphatic carbocycles. The number of aromatic nitrogens is 3. The Labute approximate surface area is 150 Å². The average Bonchev–Trinajstić information content (AvgIpc) is 2.86. The van der Waals surface area contributed by atoms with E-state index in [0.717, 1.165) is 50.5 Å².